The summed E-state index contributed by atoms with van der Waals surface area (Å²) in [5.74, 6) is 0. The first-order valence-corrected chi connectivity index (χ1v) is 4.87. The lowest BCUT2D eigenvalue weighted by Crippen LogP contribution is -2.53. The van der Waals surface area contributed by atoms with Crippen LogP contribution >= 0.6 is 0 Å². The van der Waals surface area contributed by atoms with Gasteiger partial charge in [-0.05, 0) is 19.9 Å². The molecule has 1 heterocycles. The van der Waals surface area contributed by atoms with E-state index < -0.39 is 6.09 Å². The molecule has 0 saturated carbocycles. The molecule has 0 radical (unpaired) electrons. The van der Waals surface area contributed by atoms with Gasteiger partial charge in [-0.1, -0.05) is 6.92 Å². The van der Waals surface area contributed by atoms with Gasteiger partial charge >= 0.3 is 6.09 Å². The molecule has 13 heavy (non-hydrogen) atoms. The van der Waals surface area contributed by atoms with Gasteiger partial charge in [0, 0.05) is 25.7 Å². The largest absolute Gasteiger partial charge is 0.465 e. The molecule has 1 unspecified atom stereocenters. The molecule has 1 fully saturated rings. The first-order valence-electron chi connectivity index (χ1n) is 4.87. The zero-order chi connectivity index (χ0) is 9.84. The maximum atomic E-state index is 10.7. The number of rotatable bonds is 2. The lowest BCUT2D eigenvalue weighted by molar-refractivity contribution is 0.0755. The first kappa shape index (κ1) is 10.3. The van der Waals surface area contributed by atoms with Crippen molar-refractivity contribution in [3.63, 3.8) is 0 Å². The van der Waals surface area contributed by atoms with Crippen molar-refractivity contribution < 1.29 is 9.90 Å². The van der Waals surface area contributed by atoms with Crippen LogP contribution < -0.4 is 0 Å². The molecule has 0 bridgehead atoms. The van der Waals surface area contributed by atoms with E-state index in [-0.39, 0.29) is 0 Å². The minimum Gasteiger partial charge on any atom is -0.465 e. The SMILES string of the molecule is CCCN1CCN(C(=O)O)CC1C. The highest BCUT2D eigenvalue weighted by molar-refractivity contribution is 5.65. The van der Waals surface area contributed by atoms with E-state index in [2.05, 4.69) is 18.7 Å². The van der Waals surface area contributed by atoms with Crippen LogP contribution in [0.1, 0.15) is 20.3 Å². The molecule has 0 spiro atoms. The molecule has 0 aromatic rings. The van der Waals surface area contributed by atoms with Gasteiger partial charge in [0.25, 0.3) is 0 Å². The molecular weight excluding hydrogens is 168 g/mol. The first-order chi connectivity index (χ1) is 6.15. The summed E-state index contributed by atoms with van der Waals surface area (Å²) in [7, 11) is 0. The Bertz CT molecular complexity index is 184. The van der Waals surface area contributed by atoms with Crippen LogP contribution in [0.15, 0.2) is 0 Å². The molecular formula is C9H18N2O2. The monoisotopic (exact) mass is 186 g/mol. The van der Waals surface area contributed by atoms with Crippen molar-refractivity contribution in [2.24, 2.45) is 0 Å². The van der Waals surface area contributed by atoms with E-state index >= 15 is 0 Å². The molecule has 1 amide bonds. The number of carbonyl (C=O) groups is 1. The van der Waals surface area contributed by atoms with Crippen molar-refractivity contribution in [3.8, 4) is 0 Å². The Hall–Kier alpha value is -0.770. The number of amides is 1. The zero-order valence-electron chi connectivity index (χ0n) is 8.36. The van der Waals surface area contributed by atoms with Gasteiger partial charge in [0.1, 0.15) is 0 Å². The summed E-state index contributed by atoms with van der Waals surface area (Å²) in [5.41, 5.74) is 0. The lowest BCUT2D eigenvalue weighted by Gasteiger charge is -2.38. The predicted octanol–water partition coefficient (Wildman–Crippen LogP) is 1.08. The maximum Gasteiger partial charge on any atom is 0.407 e. The molecule has 1 saturated heterocycles. The Labute approximate surface area is 79.1 Å². The Morgan fingerprint density at radius 1 is 1.54 bits per heavy atom. The number of hydrogen-bond donors (Lipinski definition) is 1. The van der Waals surface area contributed by atoms with Gasteiger partial charge in [0.05, 0.1) is 0 Å². The number of piperazine rings is 1. The third kappa shape index (κ3) is 2.59. The molecule has 0 aliphatic carbocycles. The summed E-state index contributed by atoms with van der Waals surface area (Å²) in [6.07, 6.45) is 0.347. The van der Waals surface area contributed by atoms with E-state index in [1.807, 2.05) is 0 Å². The standard InChI is InChI=1S/C9H18N2O2/c1-3-4-10-5-6-11(9(12)13)7-8(10)2/h8H,3-7H2,1-2H3,(H,12,13). The van der Waals surface area contributed by atoms with Crippen LogP contribution in [0.3, 0.4) is 0 Å². The van der Waals surface area contributed by atoms with E-state index in [0.29, 0.717) is 19.1 Å². The topological polar surface area (TPSA) is 43.8 Å². The maximum absolute atomic E-state index is 10.7. The number of carboxylic acid groups (broad SMARTS) is 1. The molecule has 4 heteroatoms. The van der Waals surface area contributed by atoms with E-state index in [0.717, 1.165) is 19.5 Å². The molecule has 76 valence electrons. The van der Waals surface area contributed by atoms with Crippen LogP contribution in [0.5, 0.6) is 0 Å². The van der Waals surface area contributed by atoms with Gasteiger partial charge in [0.2, 0.25) is 0 Å². The highest BCUT2D eigenvalue weighted by Crippen LogP contribution is 2.09. The van der Waals surface area contributed by atoms with Crippen molar-refractivity contribution in [1.29, 1.82) is 0 Å². The molecule has 1 atom stereocenters. The molecule has 0 aromatic carbocycles. The van der Waals surface area contributed by atoms with E-state index in [4.69, 9.17) is 5.11 Å². The summed E-state index contributed by atoms with van der Waals surface area (Å²) in [6, 6.07) is 0.366. The van der Waals surface area contributed by atoms with Gasteiger partial charge < -0.3 is 10.0 Å². The Morgan fingerprint density at radius 2 is 2.23 bits per heavy atom. The van der Waals surface area contributed by atoms with Crippen LogP contribution in [0.2, 0.25) is 0 Å². The average Bonchev–Trinajstić information content (AvgIpc) is 2.08. The minimum absolute atomic E-state index is 0.366. The van der Waals surface area contributed by atoms with E-state index in [1.165, 1.54) is 4.90 Å². The van der Waals surface area contributed by atoms with E-state index in [9.17, 15) is 4.79 Å². The average molecular weight is 186 g/mol. The Balaban J connectivity index is 2.41. The third-order valence-electron chi connectivity index (χ3n) is 2.55. The normalized spacial score (nSPS) is 24.8. The molecule has 1 N–H and O–H groups in total. The van der Waals surface area contributed by atoms with Crippen molar-refractivity contribution in [2.75, 3.05) is 26.2 Å². The summed E-state index contributed by atoms with van der Waals surface area (Å²) in [4.78, 5) is 14.5. The fourth-order valence-electron chi connectivity index (χ4n) is 1.79. The zero-order valence-corrected chi connectivity index (χ0v) is 8.36. The Morgan fingerprint density at radius 3 is 2.69 bits per heavy atom. The summed E-state index contributed by atoms with van der Waals surface area (Å²) in [5, 5.41) is 8.78. The van der Waals surface area contributed by atoms with Crippen molar-refractivity contribution >= 4 is 6.09 Å². The van der Waals surface area contributed by atoms with Crippen LogP contribution in [-0.2, 0) is 0 Å². The second kappa shape index (κ2) is 4.46. The van der Waals surface area contributed by atoms with Crippen LogP contribution in [0.4, 0.5) is 4.79 Å². The fourth-order valence-corrected chi connectivity index (χ4v) is 1.79. The van der Waals surface area contributed by atoms with Crippen LogP contribution in [0.25, 0.3) is 0 Å². The summed E-state index contributed by atoms with van der Waals surface area (Å²) < 4.78 is 0. The van der Waals surface area contributed by atoms with Crippen molar-refractivity contribution in [2.45, 2.75) is 26.3 Å². The van der Waals surface area contributed by atoms with Gasteiger partial charge in [-0.15, -0.1) is 0 Å². The molecule has 4 nitrogen and oxygen atoms in total. The second-order valence-corrected chi connectivity index (χ2v) is 3.61. The lowest BCUT2D eigenvalue weighted by atomic mass is 10.2. The highest BCUT2D eigenvalue weighted by Gasteiger charge is 2.25. The minimum atomic E-state index is -0.789. The third-order valence-corrected chi connectivity index (χ3v) is 2.55. The fraction of sp³-hybridized carbons (Fsp3) is 0.889. The van der Waals surface area contributed by atoms with Gasteiger partial charge in [0.15, 0.2) is 0 Å². The number of hydrogen-bond acceptors (Lipinski definition) is 2. The molecule has 1 rings (SSSR count). The van der Waals surface area contributed by atoms with Crippen LogP contribution in [0, 0.1) is 0 Å². The summed E-state index contributed by atoms with van der Waals surface area (Å²) >= 11 is 0. The summed E-state index contributed by atoms with van der Waals surface area (Å²) in [6.45, 7) is 7.49. The van der Waals surface area contributed by atoms with Gasteiger partial charge in [-0.3, -0.25) is 4.90 Å². The van der Waals surface area contributed by atoms with Crippen molar-refractivity contribution in [3.05, 3.63) is 0 Å². The van der Waals surface area contributed by atoms with Crippen LogP contribution in [-0.4, -0.2) is 53.2 Å². The van der Waals surface area contributed by atoms with Crippen molar-refractivity contribution in [1.82, 2.24) is 9.80 Å². The second-order valence-electron chi connectivity index (χ2n) is 3.61. The smallest absolute Gasteiger partial charge is 0.407 e. The molecule has 0 aromatic heterocycles. The Kier molecular flexibility index (Phi) is 3.54. The quantitative estimate of drug-likeness (QED) is 0.701. The number of nitrogens with zero attached hydrogens (tertiary/aromatic N) is 2. The van der Waals surface area contributed by atoms with E-state index in [1.54, 1.807) is 0 Å². The van der Waals surface area contributed by atoms with Gasteiger partial charge in [-0.2, -0.15) is 0 Å². The van der Waals surface area contributed by atoms with Gasteiger partial charge in [-0.25, -0.2) is 4.79 Å². The highest BCUT2D eigenvalue weighted by atomic mass is 16.4. The molecule has 1 aliphatic heterocycles. The molecule has 1 aliphatic rings. The predicted molar refractivity (Wildman–Crippen MR) is 50.9 cm³/mol.